The summed E-state index contributed by atoms with van der Waals surface area (Å²) in [6.07, 6.45) is 0.794. The fourth-order valence-electron chi connectivity index (χ4n) is 1.40. The number of fused-ring (bicyclic) bond motifs is 1. The number of rotatable bonds is 2. The van der Waals surface area contributed by atoms with E-state index in [2.05, 4.69) is 12.6 Å². The zero-order valence-electron chi connectivity index (χ0n) is 7.23. The van der Waals surface area contributed by atoms with E-state index in [1.165, 1.54) is 11.3 Å². The van der Waals surface area contributed by atoms with Crippen LogP contribution in [0.1, 0.15) is 15.2 Å². The summed E-state index contributed by atoms with van der Waals surface area (Å²) in [5.41, 5.74) is 0.598. The molecule has 2 nitrogen and oxygen atoms in total. The summed E-state index contributed by atoms with van der Waals surface area (Å²) in [7, 11) is 0. The van der Waals surface area contributed by atoms with Crippen molar-refractivity contribution in [2.24, 2.45) is 0 Å². The van der Waals surface area contributed by atoms with Crippen molar-refractivity contribution >= 4 is 40.3 Å². The molecule has 0 saturated carbocycles. The summed E-state index contributed by atoms with van der Waals surface area (Å²) in [6.45, 7) is -0.0880. The van der Waals surface area contributed by atoms with Crippen LogP contribution >= 0.6 is 24.0 Å². The number of carbonyl (C=O) groups is 1. The molecule has 0 bridgehead atoms. The molecule has 4 heteroatoms. The van der Waals surface area contributed by atoms with E-state index in [4.69, 9.17) is 5.11 Å². The van der Waals surface area contributed by atoms with Crippen LogP contribution in [-0.4, -0.2) is 11.4 Å². The van der Waals surface area contributed by atoms with Crippen molar-refractivity contribution in [2.75, 3.05) is 0 Å². The number of hydrogen-bond donors (Lipinski definition) is 2. The van der Waals surface area contributed by atoms with Crippen molar-refractivity contribution in [3.8, 4) is 0 Å². The van der Waals surface area contributed by atoms with Gasteiger partial charge in [0.1, 0.15) is 0 Å². The van der Waals surface area contributed by atoms with Gasteiger partial charge in [-0.05, 0) is 12.1 Å². The van der Waals surface area contributed by atoms with Gasteiger partial charge in [0, 0.05) is 25.4 Å². The molecular weight excluding hydrogens is 216 g/mol. The van der Waals surface area contributed by atoms with E-state index < -0.39 is 0 Å². The van der Waals surface area contributed by atoms with Crippen LogP contribution in [0.3, 0.4) is 0 Å². The molecule has 0 aliphatic rings. The maximum Gasteiger partial charge on any atom is 0.151 e. The van der Waals surface area contributed by atoms with E-state index >= 15 is 0 Å². The Morgan fingerprint density at radius 3 is 2.93 bits per heavy atom. The lowest BCUT2D eigenvalue weighted by molar-refractivity contribution is 0.112. The van der Waals surface area contributed by atoms with Crippen LogP contribution in [0.5, 0.6) is 0 Å². The lowest BCUT2D eigenvalue weighted by Gasteiger charge is -1.92. The van der Waals surface area contributed by atoms with E-state index in [1.54, 1.807) is 0 Å². The van der Waals surface area contributed by atoms with Gasteiger partial charge < -0.3 is 5.11 Å². The second kappa shape index (κ2) is 3.73. The van der Waals surface area contributed by atoms with Gasteiger partial charge in [-0.1, -0.05) is 6.07 Å². The number of benzene rings is 1. The van der Waals surface area contributed by atoms with Crippen LogP contribution in [-0.2, 0) is 6.61 Å². The van der Waals surface area contributed by atoms with E-state index in [-0.39, 0.29) is 6.61 Å². The van der Waals surface area contributed by atoms with E-state index in [9.17, 15) is 4.79 Å². The number of carbonyl (C=O) groups excluding carboxylic acids is 1. The first-order chi connectivity index (χ1) is 6.76. The van der Waals surface area contributed by atoms with Crippen LogP contribution in [0.2, 0.25) is 0 Å². The largest absolute Gasteiger partial charge is 0.391 e. The molecule has 0 aliphatic carbocycles. The maximum absolute atomic E-state index is 10.8. The number of aldehydes is 1. The van der Waals surface area contributed by atoms with Gasteiger partial charge in [0.15, 0.2) is 6.29 Å². The molecule has 0 atom stereocenters. The van der Waals surface area contributed by atoms with Gasteiger partial charge in [-0.2, -0.15) is 0 Å². The zero-order valence-corrected chi connectivity index (χ0v) is 8.94. The van der Waals surface area contributed by atoms with E-state index in [1.807, 2.05) is 18.2 Å². The van der Waals surface area contributed by atoms with Crippen molar-refractivity contribution in [3.05, 3.63) is 28.6 Å². The highest BCUT2D eigenvalue weighted by Gasteiger charge is 2.10. The van der Waals surface area contributed by atoms with Crippen LogP contribution in [0, 0.1) is 0 Å². The first kappa shape index (κ1) is 9.71. The molecule has 0 amide bonds. The summed E-state index contributed by atoms with van der Waals surface area (Å²) in [4.78, 5) is 12.4. The monoisotopic (exact) mass is 224 g/mol. The average Bonchev–Trinajstić information content (AvgIpc) is 2.54. The summed E-state index contributed by atoms with van der Waals surface area (Å²) >= 11 is 5.65. The van der Waals surface area contributed by atoms with Gasteiger partial charge in [0.2, 0.25) is 0 Å². The van der Waals surface area contributed by atoms with Gasteiger partial charge in [-0.25, -0.2) is 0 Å². The molecule has 2 rings (SSSR count). The second-order valence-corrected chi connectivity index (χ2v) is 4.55. The highest BCUT2D eigenvalue weighted by Crippen LogP contribution is 2.31. The number of hydrogen-bond acceptors (Lipinski definition) is 4. The molecule has 14 heavy (non-hydrogen) atoms. The molecule has 1 N–H and O–H groups in total. The summed E-state index contributed by atoms with van der Waals surface area (Å²) in [5, 5.41) is 9.95. The van der Waals surface area contributed by atoms with Gasteiger partial charge in [0.05, 0.1) is 6.61 Å². The Morgan fingerprint density at radius 1 is 1.50 bits per heavy atom. The molecule has 1 heterocycles. The Morgan fingerprint density at radius 2 is 2.29 bits per heavy atom. The first-order valence-corrected chi connectivity index (χ1v) is 5.33. The Labute approximate surface area is 90.6 Å². The fourth-order valence-corrected chi connectivity index (χ4v) is 2.77. The van der Waals surface area contributed by atoms with Crippen LogP contribution < -0.4 is 0 Å². The van der Waals surface area contributed by atoms with Crippen molar-refractivity contribution in [1.82, 2.24) is 0 Å². The third-order valence-corrected chi connectivity index (χ3v) is 3.48. The molecule has 2 aromatic rings. The van der Waals surface area contributed by atoms with E-state index in [0.29, 0.717) is 10.4 Å². The summed E-state index contributed by atoms with van der Waals surface area (Å²) < 4.78 is 0.989. The standard InChI is InChI=1S/C10H8O2S2/c11-4-8-7-2-1-6(13)3-9(7)14-10(8)5-12/h1-4,12-13H,5H2. The van der Waals surface area contributed by atoms with E-state index in [0.717, 1.165) is 21.3 Å². The third-order valence-electron chi connectivity index (χ3n) is 2.05. The molecule has 0 aliphatic heterocycles. The highest BCUT2D eigenvalue weighted by atomic mass is 32.1. The van der Waals surface area contributed by atoms with Crippen molar-refractivity contribution in [2.45, 2.75) is 11.5 Å². The number of thiophene rings is 1. The lowest BCUT2D eigenvalue weighted by atomic mass is 10.1. The molecular formula is C10H8O2S2. The SMILES string of the molecule is O=Cc1c(CO)sc2cc(S)ccc12. The average molecular weight is 224 g/mol. The highest BCUT2D eigenvalue weighted by molar-refractivity contribution is 7.80. The Hall–Kier alpha value is -0.840. The Kier molecular flexibility index (Phi) is 2.58. The molecule has 0 saturated heterocycles. The quantitative estimate of drug-likeness (QED) is 0.607. The number of aliphatic hydroxyl groups excluding tert-OH is 1. The van der Waals surface area contributed by atoms with Gasteiger partial charge in [0.25, 0.3) is 0 Å². The minimum absolute atomic E-state index is 0.0880. The zero-order chi connectivity index (χ0) is 10.1. The van der Waals surface area contributed by atoms with Crippen molar-refractivity contribution in [3.63, 3.8) is 0 Å². The van der Waals surface area contributed by atoms with Crippen LogP contribution in [0.15, 0.2) is 23.1 Å². The number of thiol groups is 1. The van der Waals surface area contributed by atoms with Gasteiger partial charge in [-0.3, -0.25) is 4.79 Å². The molecule has 0 fully saturated rings. The Bertz CT molecular complexity index is 488. The minimum Gasteiger partial charge on any atom is -0.391 e. The Balaban J connectivity index is 2.79. The van der Waals surface area contributed by atoms with Crippen molar-refractivity contribution < 1.29 is 9.90 Å². The van der Waals surface area contributed by atoms with Crippen LogP contribution in [0.25, 0.3) is 10.1 Å². The molecule has 1 aromatic heterocycles. The van der Waals surface area contributed by atoms with Crippen molar-refractivity contribution in [1.29, 1.82) is 0 Å². The summed E-state index contributed by atoms with van der Waals surface area (Å²) in [5.74, 6) is 0. The molecule has 1 aromatic carbocycles. The number of aliphatic hydroxyl groups is 1. The normalized spacial score (nSPS) is 10.7. The predicted molar refractivity (Wildman–Crippen MR) is 60.4 cm³/mol. The first-order valence-electron chi connectivity index (χ1n) is 4.06. The van der Waals surface area contributed by atoms with Gasteiger partial charge in [-0.15, -0.1) is 24.0 Å². The predicted octanol–water partition coefficient (Wildman–Crippen LogP) is 2.49. The van der Waals surface area contributed by atoms with Crippen LogP contribution in [0.4, 0.5) is 0 Å². The molecule has 0 radical (unpaired) electrons. The summed E-state index contributed by atoms with van der Waals surface area (Å²) in [6, 6.07) is 5.60. The van der Waals surface area contributed by atoms with Gasteiger partial charge >= 0.3 is 0 Å². The molecule has 0 spiro atoms. The molecule has 0 unspecified atom stereocenters. The third kappa shape index (κ3) is 1.45. The fraction of sp³-hybridized carbons (Fsp3) is 0.100. The second-order valence-electron chi connectivity index (χ2n) is 2.90. The maximum atomic E-state index is 10.8. The minimum atomic E-state index is -0.0880. The smallest absolute Gasteiger partial charge is 0.151 e. The lowest BCUT2D eigenvalue weighted by Crippen LogP contribution is -1.84. The topological polar surface area (TPSA) is 37.3 Å². The molecule has 72 valence electrons.